The van der Waals surface area contributed by atoms with E-state index in [0.717, 1.165) is 36.0 Å². The lowest BCUT2D eigenvalue weighted by molar-refractivity contribution is -0.145. The van der Waals surface area contributed by atoms with E-state index in [2.05, 4.69) is 36.4 Å². The first-order chi connectivity index (χ1) is 22.9. The first kappa shape index (κ1) is 41.6. The monoisotopic (exact) mass is 680 g/mol. The minimum atomic E-state index is -1.86. The van der Waals surface area contributed by atoms with Crippen LogP contribution in [0.25, 0.3) is 11.1 Å². The van der Waals surface area contributed by atoms with Crippen LogP contribution in [0.15, 0.2) is 48.5 Å². The Bertz CT molecular complexity index is 1120. The highest BCUT2D eigenvalue weighted by molar-refractivity contribution is 5.69. The summed E-state index contributed by atoms with van der Waals surface area (Å²) in [6, 6.07) is 16.7. The molecule has 2 rings (SSSR count). The van der Waals surface area contributed by atoms with Gasteiger partial charge in [-0.15, -0.1) is 0 Å². The first-order valence-corrected chi connectivity index (χ1v) is 16.7. The molecule has 0 amide bonds. The molecule has 272 valence electrons. The highest BCUT2D eigenvalue weighted by Gasteiger charge is 2.33. The van der Waals surface area contributed by atoms with E-state index in [1.807, 2.05) is 12.1 Å². The molecule has 2 aromatic carbocycles. The molecule has 11 N–H and O–H groups in total. The molecule has 8 atom stereocenters. The van der Waals surface area contributed by atoms with E-state index in [0.29, 0.717) is 19.4 Å². The number of unbranched alkanes of at least 4 members (excludes halogenated alkanes) is 1. The van der Waals surface area contributed by atoms with Gasteiger partial charge in [0.15, 0.2) is 0 Å². The number of ether oxygens (including phenoxy) is 1. The van der Waals surface area contributed by atoms with Crippen molar-refractivity contribution < 1.29 is 55.5 Å². The van der Waals surface area contributed by atoms with Gasteiger partial charge in [0.25, 0.3) is 0 Å². The second-order valence-corrected chi connectivity index (χ2v) is 12.4. The van der Waals surface area contributed by atoms with Crippen LogP contribution in [0.4, 0.5) is 0 Å². The number of benzene rings is 2. The van der Waals surface area contributed by atoms with Crippen molar-refractivity contribution in [1.82, 2.24) is 4.90 Å². The maximum Gasteiger partial charge on any atom is 0.307 e. The minimum Gasteiger partial charge on any atom is -0.466 e. The number of aryl methyl sites for hydroxylation is 2. The zero-order chi connectivity index (χ0) is 35.6. The number of nitrogens with zero attached hydrogens (tertiary/aromatic N) is 1. The summed E-state index contributed by atoms with van der Waals surface area (Å²) in [7, 11) is 0. The minimum absolute atomic E-state index is 0.0418. The van der Waals surface area contributed by atoms with Gasteiger partial charge < -0.3 is 56.4 Å². The molecule has 13 heteroatoms. The Morgan fingerprint density at radius 1 is 0.688 bits per heavy atom. The summed E-state index contributed by atoms with van der Waals surface area (Å²) < 4.78 is 5.38. The maximum absolute atomic E-state index is 12.5. The van der Waals surface area contributed by atoms with E-state index in [4.69, 9.17) is 20.7 Å². The Morgan fingerprint density at radius 3 is 1.69 bits per heavy atom. The number of esters is 1. The molecule has 0 saturated heterocycles. The standard InChI is InChI=1S/C35H56N2O11/c1-23(33(45)30(42)21-38)28(40)19-37(20-29(41)34(46)35(47)31(43)22-39)17-15-32(44)48-18-4-6-25-9-13-27(14-10-25)26-11-7-24(8-12-26)5-2-3-16-36/h7-14,23,28-31,33-35,38-43,45-47H,2-6,15-22,36H2,1H3/t23-,28+,29+,30-,31-,33+,34-,35-/m1/s1. The largest absolute Gasteiger partial charge is 0.466 e. The Hall–Kier alpha value is -2.53. The number of nitrogens with two attached hydrogens (primary N) is 1. The molecule has 0 aliphatic rings. The third kappa shape index (κ3) is 14.1. The fraction of sp³-hybridized carbons (Fsp3) is 0.629. The Kier molecular flexibility index (Phi) is 19.3. The molecule has 0 spiro atoms. The van der Waals surface area contributed by atoms with Crippen molar-refractivity contribution in [3.8, 4) is 11.1 Å². The summed E-state index contributed by atoms with van der Waals surface area (Å²) in [6.07, 6.45) is -7.07. The van der Waals surface area contributed by atoms with Gasteiger partial charge in [-0.05, 0) is 60.9 Å². The fourth-order valence-corrected chi connectivity index (χ4v) is 5.29. The van der Waals surface area contributed by atoms with Gasteiger partial charge in [0.05, 0.1) is 44.6 Å². The molecule has 0 aromatic heterocycles. The maximum atomic E-state index is 12.5. The van der Waals surface area contributed by atoms with Crippen LogP contribution in [0.5, 0.6) is 0 Å². The van der Waals surface area contributed by atoms with E-state index in [1.165, 1.54) is 17.4 Å². The van der Waals surface area contributed by atoms with Crippen LogP contribution in [0.3, 0.4) is 0 Å². The fourth-order valence-electron chi connectivity index (χ4n) is 5.29. The lowest BCUT2D eigenvalue weighted by Crippen LogP contribution is -2.52. The molecule has 0 heterocycles. The average Bonchev–Trinajstić information content (AvgIpc) is 3.10. The van der Waals surface area contributed by atoms with Crippen LogP contribution in [0.1, 0.15) is 43.7 Å². The van der Waals surface area contributed by atoms with Gasteiger partial charge in [0.1, 0.15) is 24.4 Å². The molecular weight excluding hydrogens is 624 g/mol. The highest BCUT2D eigenvalue weighted by atomic mass is 16.5. The number of hydrogen-bond acceptors (Lipinski definition) is 13. The number of aliphatic hydroxyl groups is 9. The molecular formula is C35H56N2O11. The predicted octanol–water partition coefficient (Wildman–Crippen LogP) is -1.05. The van der Waals surface area contributed by atoms with Crippen LogP contribution in [0, 0.1) is 5.92 Å². The second-order valence-electron chi connectivity index (χ2n) is 12.4. The third-order valence-electron chi connectivity index (χ3n) is 8.61. The van der Waals surface area contributed by atoms with E-state index < -0.39 is 67.8 Å². The molecule has 0 unspecified atom stereocenters. The molecule has 2 aromatic rings. The van der Waals surface area contributed by atoms with Gasteiger partial charge in [-0.2, -0.15) is 0 Å². The Balaban J connectivity index is 1.87. The summed E-state index contributed by atoms with van der Waals surface area (Å²) in [5, 5.41) is 89.1. The summed E-state index contributed by atoms with van der Waals surface area (Å²) in [5.41, 5.74) is 10.2. The molecule has 0 aliphatic heterocycles. The quantitative estimate of drug-likeness (QED) is 0.0471. The molecule has 13 nitrogen and oxygen atoms in total. The van der Waals surface area contributed by atoms with E-state index in [9.17, 15) is 40.5 Å². The van der Waals surface area contributed by atoms with E-state index >= 15 is 0 Å². The molecule has 0 aliphatic carbocycles. The summed E-state index contributed by atoms with van der Waals surface area (Å²) in [6.45, 7) is 0.130. The molecule has 0 saturated carbocycles. The van der Waals surface area contributed by atoms with E-state index in [-0.39, 0.29) is 32.7 Å². The van der Waals surface area contributed by atoms with Crippen LogP contribution >= 0.6 is 0 Å². The summed E-state index contributed by atoms with van der Waals surface area (Å²) in [5.74, 6) is -1.46. The topological polar surface area (TPSA) is 238 Å². The average molecular weight is 681 g/mol. The number of rotatable bonds is 24. The Labute approximate surface area is 282 Å². The normalized spacial score (nSPS) is 16.9. The lowest BCUT2D eigenvalue weighted by atomic mass is 9.93. The van der Waals surface area contributed by atoms with Crippen molar-refractivity contribution in [2.75, 3.05) is 46.0 Å². The predicted molar refractivity (Wildman–Crippen MR) is 180 cm³/mol. The van der Waals surface area contributed by atoms with Gasteiger partial charge in [-0.3, -0.25) is 9.69 Å². The highest BCUT2D eigenvalue weighted by Crippen LogP contribution is 2.22. The van der Waals surface area contributed by atoms with Crippen molar-refractivity contribution in [3.05, 3.63) is 59.7 Å². The SMILES string of the molecule is C[C@@H]([C@H](O)[C@H](O)CO)[C@@H](O)CN(CCC(=O)OCCCc1ccc(-c2ccc(CCCCN)cc2)cc1)C[C@H](O)[C@@H](O)[C@H](O)[C@H](O)CO. The van der Waals surface area contributed by atoms with Crippen LogP contribution in [-0.4, -0.2) is 146 Å². The zero-order valence-corrected chi connectivity index (χ0v) is 27.8. The molecule has 48 heavy (non-hydrogen) atoms. The molecule has 0 fully saturated rings. The van der Waals surface area contributed by atoms with Crippen molar-refractivity contribution >= 4 is 5.97 Å². The second kappa shape index (κ2) is 22.2. The molecule has 0 radical (unpaired) electrons. The van der Waals surface area contributed by atoms with E-state index in [1.54, 1.807) is 0 Å². The number of aliphatic hydroxyl groups excluding tert-OH is 9. The first-order valence-electron chi connectivity index (χ1n) is 16.7. The van der Waals surface area contributed by atoms with Crippen LogP contribution in [0.2, 0.25) is 0 Å². The van der Waals surface area contributed by atoms with Crippen molar-refractivity contribution in [1.29, 1.82) is 0 Å². The number of carbonyl (C=O) groups excluding carboxylic acids is 1. The lowest BCUT2D eigenvalue weighted by Gasteiger charge is -2.34. The molecule has 0 bridgehead atoms. The van der Waals surface area contributed by atoms with Crippen LogP contribution < -0.4 is 5.73 Å². The van der Waals surface area contributed by atoms with Crippen LogP contribution in [-0.2, 0) is 22.4 Å². The van der Waals surface area contributed by atoms with Crippen molar-refractivity contribution in [3.63, 3.8) is 0 Å². The van der Waals surface area contributed by atoms with Gasteiger partial charge in [-0.25, -0.2) is 0 Å². The smallest absolute Gasteiger partial charge is 0.307 e. The van der Waals surface area contributed by atoms with Crippen molar-refractivity contribution in [2.24, 2.45) is 11.7 Å². The Morgan fingerprint density at radius 2 is 1.17 bits per heavy atom. The van der Waals surface area contributed by atoms with Gasteiger partial charge in [0.2, 0.25) is 0 Å². The summed E-state index contributed by atoms with van der Waals surface area (Å²) in [4.78, 5) is 13.9. The zero-order valence-electron chi connectivity index (χ0n) is 27.8. The summed E-state index contributed by atoms with van der Waals surface area (Å²) >= 11 is 0. The third-order valence-corrected chi connectivity index (χ3v) is 8.61. The number of hydrogen-bond donors (Lipinski definition) is 10. The number of carbonyl (C=O) groups is 1. The van der Waals surface area contributed by atoms with Gasteiger partial charge >= 0.3 is 5.97 Å². The van der Waals surface area contributed by atoms with Gasteiger partial charge in [-0.1, -0.05) is 55.5 Å². The van der Waals surface area contributed by atoms with Crippen molar-refractivity contribution in [2.45, 2.75) is 88.2 Å². The van der Waals surface area contributed by atoms with Gasteiger partial charge in [0, 0.05) is 25.6 Å².